The topological polar surface area (TPSA) is 60.6 Å². The summed E-state index contributed by atoms with van der Waals surface area (Å²) in [7, 11) is 0. The SMILES string of the molecule is Cc1cccc(C)c1N1c2ccnc(-c3cc(Oc4cccc(-c5ccccn5)c4)cc(C(C)(C)C)c3)c2Oc2c1oc1ccccc21. The van der Waals surface area contributed by atoms with E-state index in [0.717, 1.165) is 67.3 Å². The van der Waals surface area contributed by atoms with Gasteiger partial charge >= 0.3 is 0 Å². The van der Waals surface area contributed by atoms with Gasteiger partial charge in [0.2, 0.25) is 5.88 Å². The van der Waals surface area contributed by atoms with E-state index >= 15 is 0 Å². The number of aromatic nitrogens is 2. The van der Waals surface area contributed by atoms with E-state index in [1.54, 1.807) is 6.20 Å². The molecule has 236 valence electrons. The van der Waals surface area contributed by atoms with Gasteiger partial charge in [0.1, 0.15) is 22.8 Å². The second kappa shape index (κ2) is 11.4. The van der Waals surface area contributed by atoms with Gasteiger partial charge in [-0.05, 0) is 96.6 Å². The van der Waals surface area contributed by atoms with Crippen molar-refractivity contribution in [2.24, 2.45) is 0 Å². The number of fused-ring (bicyclic) bond motifs is 4. The van der Waals surface area contributed by atoms with Crippen LogP contribution in [0.5, 0.6) is 23.0 Å². The fourth-order valence-corrected chi connectivity index (χ4v) is 6.38. The van der Waals surface area contributed by atoms with Crippen molar-refractivity contribution >= 4 is 28.2 Å². The number of anilines is 3. The van der Waals surface area contributed by atoms with Crippen LogP contribution in [0, 0.1) is 13.8 Å². The summed E-state index contributed by atoms with van der Waals surface area (Å²) in [4.78, 5) is 11.7. The highest BCUT2D eigenvalue weighted by Gasteiger charge is 2.35. The number of ether oxygens (including phenoxy) is 2. The maximum absolute atomic E-state index is 6.85. The van der Waals surface area contributed by atoms with Crippen molar-refractivity contribution in [3.63, 3.8) is 0 Å². The van der Waals surface area contributed by atoms with Crippen molar-refractivity contribution in [1.29, 1.82) is 0 Å². The molecule has 0 radical (unpaired) electrons. The first-order chi connectivity index (χ1) is 23.2. The zero-order valence-corrected chi connectivity index (χ0v) is 27.6. The second-order valence-corrected chi connectivity index (χ2v) is 13.3. The summed E-state index contributed by atoms with van der Waals surface area (Å²) < 4.78 is 20.0. The monoisotopic (exact) mass is 629 g/mol. The Hall–Kier alpha value is -5.88. The lowest BCUT2D eigenvalue weighted by atomic mass is 9.85. The highest BCUT2D eigenvalue weighted by Crippen LogP contribution is 2.57. The van der Waals surface area contributed by atoms with E-state index in [9.17, 15) is 0 Å². The molecule has 6 heteroatoms. The molecule has 0 spiro atoms. The Kier molecular flexibility index (Phi) is 7.02. The summed E-state index contributed by atoms with van der Waals surface area (Å²) in [5, 5.41) is 0.907. The van der Waals surface area contributed by atoms with E-state index in [4.69, 9.17) is 18.9 Å². The minimum atomic E-state index is -0.155. The molecule has 4 heterocycles. The Bertz CT molecular complexity index is 2300. The van der Waals surface area contributed by atoms with Crippen LogP contribution in [0.15, 0.2) is 126 Å². The number of aryl methyl sites for hydroxylation is 2. The second-order valence-electron chi connectivity index (χ2n) is 13.3. The van der Waals surface area contributed by atoms with Crippen LogP contribution >= 0.6 is 0 Å². The van der Waals surface area contributed by atoms with E-state index in [2.05, 4.69) is 74.8 Å². The van der Waals surface area contributed by atoms with E-state index < -0.39 is 0 Å². The Balaban J connectivity index is 1.29. The van der Waals surface area contributed by atoms with Gasteiger partial charge in [-0.2, -0.15) is 0 Å². The summed E-state index contributed by atoms with van der Waals surface area (Å²) in [5.74, 6) is 3.42. The minimum Gasteiger partial charge on any atom is -0.457 e. The first kappa shape index (κ1) is 29.5. The number of hydrogen-bond acceptors (Lipinski definition) is 6. The van der Waals surface area contributed by atoms with E-state index in [1.807, 2.05) is 85.1 Å². The van der Waals surface area contributed by atoms with Gasteiger partial charge < -0.3 is 13.9 Å². The van der Waals surface area contributed by atoms with Crippen LogP contribution < -0.4 is 14.4 Å². The maximum Gasteiger partial charge on any atom is 0.249 e. The molecule has 0 fully saturated rings. The molecule has 48 heavy (non-hydrogen) atoms. The number of benzene rings is 4. The van der Waals surface area contributed by atoms with Crippen molar-refractivity contribution in [3.05, 3.63) is 138 Å². The molecule has 8 rings (SSSR count). The molecule has 0 bridgehead atoms. The van der Waals surface area contributed by atoms with Crippen LogP contribution in [-0.2, 0) is 5.41 Å². The fraction of sp³-hybridized carbons (Fsp3) is 0.143. The third-order valence-electron chi connectivity index (χ3n) is 8.80. The number of hydrogen-bond donors (Lipinski definition) is 0. The van der Waals surface area contributed by atoms with Crippen LogP contribution in [0.1, 0.15) is 37.5 Å². The largest absolute Gasteiger partial charge is 0.457 e. The van der Waals surface area contributed by atoms with Gasteiger partial charge in [0, 0.05) is 23.5 Å². The third kappa shape index (κ3) is 5.16. The Morgan fingerprint density at radius 2 is 1.44 bits per heavy atom. The van der Waals surface area contributed by atoms with Crippen molar-refractivity contribution in [1.82, 2.24) is 9.97 Å². The van der Waals surface area contributed by atoms with Crippen LogP contribution in [0.25, 0.3) is 33.5 Å². The van der Waals surface area contributed by atoms with Crippen LogP contribution in [0.4, 0.5) is 17.3 Å². The molecule has 3 aromatic heterocycles. The lowest BCUT2D eigenvalue weighted by molar-refractivity contribution is 0.463. The van der Waals surface area contributed by atoms with Gasteiger partial charge in [-0.25, -0.2) is 0 Å². The Morgan fingerprint density at radius 3 is 2.23 bits per heavy atom. The molecule has 0 saturated carbocycles. The van der Waals surface area contributed by atoms with Gasteiger partial charge in [-0.1, -0.05) is 69.3 Å². The first-order valence-corrected chi connectivity index (χ1v) is 16.1. The first-order valence-electron chi connectivity index (χ1n) is 16.1. The van der Waals surface area contributed by atoms with Gasteiger partial charge in [0.05, 0.1) is 22.5 Å². The fourth-order valence-electron chi connectivity index (χ4n) is 6.38. The van der Waals surface area contributed by atoms with Crippen LogP contribution in [0.3, 0.4) is 0 Å². The molecule has 0 amide bonds. The van der Waals surface area contributed by atoms with Crippen LogP contribution in [0.2, 0.25) is 0 Å². The number of para-hydroxylation sites is 2. The van der Waals surface area contributed by atoms with Gasteiger partial charge in [-0.15, -0.1) is 0 Å². The zero-order valence-electron chi connectivity index (χ0n) is 27.6. The highest BCUT2D eigenvalue weighted by atomic mass is 16.5. The normalized spacial score (nSPS) is 12.4. The third-order valence-corrected chi connectivity index (χ3v) is 8.80. The lowest BCUT2D eigenvalue weighted by Gasteiger charge is -2.32. The molecule has 7 aromatic rings. The van der Waals surface area contributed by atoms with Crippen molar-refractivity contribution < 1.29 is 13.9 Å². The maximum atomic E-state index is 6.85. The van der Waals surface area contributed by atoms with Gasteiger partial charge in [0.25, 0.3) is 0 Å². The number of nitrogens with zero attached hydrogens (tertiary/aromatic N) is 3. The Morgan fingerprint density at radius 1 is 0.667 bits per heavy atom. The number of furan rings is 1. The van der Waals surface area contributed by atoms with E-state index in [-0.39, 0.29) is 5.41 Å². The lowest BCUT2D eigenvalue weighted by Crippen LogP contribution is -2.17. The molecule has 6 nitrogen and oxygen atoms in total. The molecule has 1 aliphatic heterocycles. The molecule has 0 unspecified atom stereocenters. The number of pyridine rings is 2. The quantitative estimate of drug-likeness (QED) is 0.189. The molecule has 0 N–H and O–H groups in total. The summed E-state index contributed by atoms with van der Waals surface area (Å²) in [6.45, 7) is 10.9. The molecule has 0 aliphatic carbocycles. The summed E-state index contributed by atoms with van der Waals surface area (Å²) >= 11 is 0. The van der Waals surface area contributed by atoms with Crippen LogP contribution in [-0.4, -0.2) is 9.97 Å². The van der Waals surface area contributed by atoms with E-state index in [1.165, 1.54) is 0 Å². The summed E-state index contributed by atoms with van der Waals surface area (Å²) in [5.41, 5.74) is 9.40. The molecular formula is C42H35N3O3. The Labute approximate surface area is 280 Å². The van der Waals surface area contributed by atoms with Gasteiger partial charge in [-0.3, -0.25) is 14.9 Å². The summed E-state index contributed by atoms with van der Waals surface area (Å²) in [6.07, 6.45) is 3.64. The number of rotatable bonds is 5. The smallest absolute Gasteiger partial charge is 0.249 e. The molecule has 1 aliphatic rings. The van der Waals surface area contributed by atoms with Gasteiger partial charge in [0.15, 0.2) is 11.5 Å². The molecule has 0 atom stereocenters. The average Bonchev–Trinajstić information content (AvgIpc) is 3.46. The van der Waals surface area contributed by atoms with Crippen molar-refractivity contribution in [2.75, 3.05) is 4.90 Å². The standard InChI is InChI=1S/C42H35N3O3/c1-26-12-10-13-27(2)38(26)45-35-19-21-44-37(40(35)48-39-33-16-6-7-18-36(33)47-41(39)45)29-22-30(42(3,4)5)25-32(24-29)46-31-15-11-14-28(23-31)34-17-8-9-20-43-34/h6-25H,1-5H3. The van der Waals surface area contributed by atoms with Crippen molar-refractivity contribution in [2.45, 2.75) is 40.0 Å². The summed E-state index contributed by atoms with van der Waals surface area (Å²) in [6, 6.07) is 36.6. The van der Waals surface area contributed by atoms with E-state index in [0.29, 0.717) is 23.1 Å². The predicted molar refractivity (Wildman–Crippen MR) is 192 cm³/mol. The molecule has 0 saturated heterocycles. The predicted octanol–water partition coefficient (Wildman–Crippen LogP) is 11.8. The molecule has 4 aromatic carbocycles. The molecular weight excluding hydrogens is 594 g/mol. The average molecular weight is 630 g/mol. The minimum absolute atomic E-state index is 0.155. The highest BCUT2D eigenvalue weighted by molar-refractivity contribution is 5.98. The van der Waals surface area contributed by atoms with Crippen molar-refractivity contribution in [3.8, 4) is 45.5 Å². The zero-order chi connectivity index (χ0) is 33.0.